The maximum absolute atomic E-state index is 12.0. The molecule has 0 fully saturated rings. The third kappa shape index (κ3) is 9.22. The van der Waals surface area contributed by atoms with Crippen LogP contribution in [0.3, 0.4) is 0 Å². The van der Waals surface area contributed by atoms with Crippen LogP contribution in [0.5, 0.6) is 0 Å². The number of carboxylic acids is 3. The minimum atomic E-state index is -1.63. The molecule has 0 saturated heterocycles. The lowest BCUT2D eigenvalue weighted by Gasteiger charge is -2.21. The van der Waals surface area contributed by atoms with Gasteiger partial charge in [0.05, 0.1) is 12.6 Å². The number of hydrogen-bond donors (Lipinski definition) is 7. The Kier molecular flexibility index (Phi) is 9.74. The predicted octanol–water partition coefficient (Wildman–Crippen LogP) is -2.91. The van der Waals surface area contributed by atoms with Crippen LogP contribution in [0.25, 0.3) is 0 Å². The minimum absolute atomic E-state index is 0.206. The highest BCUT2D eigenvalue weighted by atomic mass is 16.4. The molecule has 0 bridgehead atoms. The molecule has 12 heteroatoms. The monoisotopic (exact) mass is 363 g/mol. The van der Waals surface area contributed by atoms with Crippen molar-refractivity contribution in [3.05, 3.63) is 0 Å². The van der Waals surface area contributed by atoms with E-state index in [0.717, 1.165) is 0 Å². The quantitative estimate of drug-likeness (QED) is 0.187. The second-order valence-electron chi connectivity index (χ2n) is 5.11. The van der Waals surface area contributed by atoms with E-state index in [0.29, 0.717) is 0 Å². The van der Waals surface area contributed by atoms with Crippen molar-refractivity contribution in [3.63, 3.8) is 0 Å². The van der Waals surface area contributed by atoms with E-state index in [9.17, 15) is 24.0 Å². The zero-order valence-corrected chi connectivity index (χ0v) is 13.2. The van der Waals surface area contributed by atoms with E-state index in [1.807, 2.05) is 5.32 Å². The van der Waals surface area contributed by atoms with E-state index in [4.69, 9.17) is 26.2 Å². The summed E-state index contributed by atoms with van der Waals surface area (Å²) in [5.41, 5.74) is 5.49. The maximum Gasteiger partial charge on any atom is 0.328 e. The van der Waals surface area contributed by atoms with E-state index in [2.05, 4.69) is 5.32 Å². The molecule has 0 heterocycles. The lowest BCUT2D eigenvalue weighted by Crippen LogP contribution is -2.55. The van der Waals surface area contributed by atoms with E-state index in [1.54, 1.807) is 0 Å². The van der Waals surface area contributed by atoms with Gasteiger partial charge in [-0.15, -0.1) is 0 Å². The van der Waals surface area contributed by atoms with Crippen LogP contribution in [-0.2, 0) is 24.0 Å². The summed E-state index contributed by atoms with van der Waals surface area (Å²) in [6, 6.07) is -4.28. The fourth-order valence-corrected chi connectivity index (χ4v) is 1.68. The van der Waals surface area contributed by atoms with Crippen molar-refractivity contribution in [2.24, 2.45) is 5.73 Å². The van der Waals surface area contributed by atoms with E-state index < -0.39 is 60.9 Å². The van der Waals surface area contributed by atoms with Gasteiger partial charge in [0.1, 0.15) is 12.1 Å². The highest BCUT2D eigenvalue weighted by Gasteiger charge is 2.28. The first-order chi connectivity index (χ1) is 11.6. The summed E-state index contributed by atoms with van der Waals surface area (Å²) >= 11 is 0. The minimum Gasteiger partial charge on any atom is -0.481 e. The first kappa shape index (κ1) is 22.3. The van der Waals surface area contributed by atoms with Gasteiger partial charge in [0.25, 0.3) is 0 Å². The summed E-state index contributed by atoms with van der Waals surface area (Å²) in [5, 5.41) is 39.0. The first-order valence-corrected chi connectivity index (χ1v) is 7.22. The van der Waals surface area contributed by atoms with Crippen LogP contribution in [0.4, 0.5) is 0 Å². The molecule has 142 valence electrons. The van der Waals surface area contributed by atoms with E-state index >= 15 is 0 Å². The Morgan fingerprint density at radius 3 is 1.72 bits per heavy atom. The van der Waals surface area contributed by atoms with Crippen molar-refractivity contribution >= 4 is 29.7 Å². The summed E-state index contributed by atoms with van der Waals surface area (Å²) in [4.78, 5) is 55.8. The van der Waals surface area contributed by atoms with Gasteiger partial charge in [-0.25, -0.2) is 4.79 Å². The third-order valence-electron chi connectivity index (χ3n) is 3.08. The molecule has 0 spiro atoms. The molecule has 25 heavy (non-hydrogen) atoms. The number of hydrogen-bond acceptors (Lipinski definition) is 7. The lowest BCUT2D eigenvalue weighted by molar-refractivity contribution is -0.144. The number of nitrogens with two attached hydrogens (primary N) is 1. The molecule has 0 aliphatic heterocycles. The Morgan fingerprint density at radius 1 is 0.800 bits per heavy atom. The summed E-state index contributed by atoms with van der Waals surface area (Å²) in [5.74, 6) is -5.84. The number of aliphatic hydroxyl groups is 1. The Bertz CT molecular complexity index is 523. The smallest absolute Gasteiger partial charge is 0.328 e. The van der Waals surface area contributed by atoms with Gasteiger partial charge >= 0.3 is 17.9 Å². The van der Waals surface area contributed by atoms with Crippen LogP contribution in [0.1, 0.15) is 25.7 Å². The Morgan fingerprint density at radius 2 is 1.28 bits per heavy atom. The predicted molar refractivity (Wildman–Crippen MR) is 80.3 cm³/mol. The summed E-state index contributed by atoms with van der Waals surface area (Å²) in [6.45, 7) is -0.904. The van der Waals surface area contributed by atoms with Crippen molar-refractivity contribution in [2.45, 2.75) is 43.8 Å². The Balaban J connectivity index is 4.93. The van der Waals surface area contributed by atoms with Crippen LogP contribution in [-0.4, -0.2) is 74.9 Å². The SMILES string of the molecule is N[C@@H](CCC(=O)O)C(=O)N[C@@H](CCC(=O)O)C(=O)N[C@@H](CO)C(=O)O. The normalized spacial score (nSPS) is 14.0. The summed E-state index contributed by atoms with van der Waals surface area (Å²) < 4.78 is 0. The molecule has 12 nitrogen and oxygen atoms in total. The molecule has 0 aromatic rings. The number of carbonyl (C=O) groups excluding carboxylic acids is 2. The first-order valence-electron chi connectivity index (χ1n) is 7.22. The molecule has 0 aromatic heterocycles. The van der Waals surface area contributed by atoms with E-state index in [1.165, 1.54) is 0 Å². The Labute approximate surface area is 142 Å². The van der Waals surface area contributed by atoms with Gasteiger partial charge < -0.3 is 36.8 Å². The zero-order chi connectivity index (χ0) is 19.6. The van der Waals surface area contributed by atoms with E-state index in [-0.39, 0.29) is 19.3 Å². The molecule has 0 rings (SSSR count). The zero-order valence-electron chi connectivity index (χ0n) is 13.2. The highest BCUT2D eigenvalue weighted by Crippen LogP contribution is 2.02. The fourth-order valence-electron chi connectivity index (χ4n) is 1.68. The molecule has 0 radical (unpaired) electrons. The average molecular weight is 363 g/mol. The van der Waals surface area contributed by atoms with Gasteiger partial charge in [0, 0.05) is 12.8 Å². The lowest BCUT2D eigenvalue weighted by atomic mass is 10.1. The van der Waals surface area contributed by atoms with Crippen molar-refractivity contribution in [3.8, 4) is 0 Å². The standard InChI is InChI=1S/C13H21N3O9/c14-6(1-3-9(18)19)11(22)15-7(2-4-10(20)21)12(23)16-8(5-17)13(24)25/h6-8,17H,1-5,14H2,(H,15,22)(H,16,23)(H,18,19)(H,20,21)(H,24,25)/t6-,7-,8-/m0/s1. The number of carboxylic acid groups (broad SMARTS) is 3. The van der Waals surface area contributed by atoms with Crippen molar-refractivity contribution in [1.82, 2.24) is 10.6 Å². The number of rotatable bonds is 12. The molecule has 2 amide bonds. The van der Waals surface area contributed by atoms with Crippen molar-refractivity contribution in [2.75, 3.05) is 6.61 Å². The highest BCUT2D eigenvalue weighted by molar-refractivity contribution is 5.92. The number of nitrogens with one attached hydrogen (secondary N) is 2. The van der Waals surface area contributed by atoms with Crippen molar-refractivity contribution in [1.29, 1.82) is 0 Å². The molecule has 0 aliphatic rings. The topological polar surface area (TPSA) is 216 Å². The Hall–Kier alpha value is -2.73. The average Bonchev–Trinajstić information content (AvgIpc) is 2.52. The summed E-state index contributed by atoms with van der Waals surface area (Å²) in [6.07, 6.45) is -1.44. The van der Waals surface area contributed by atoms with Gasteiger partial charge in [0.2, 0.25) is 11.8 Å². The largest absolute Gasteiger partial charge is 0.481 e. The molecule has 0 aromatic carbocycles. The molecule has 0 saturated carbocycles. The van der Waals surface area contributed by atoms with Crippen LogP contribution >= 0.6 is 0 Å². The molecular weight excluding hydrogens is 342 g/mol. The second-order valence-corrected chi connectivity index (χ2v) is 5.11. The molecular formula is C13H21N3O9. The number of aliphatic carboxylic acids is 3. The van der Waals surface area contributed by atoms with Gasteiger partial charge in [-0.3, -0.25) is 19.2 Å². The van der Waals surface area contributed by atoms with Gasteiger partial charge in [-0.1, -0.05) is 0 Å². The number of carbonyl (C=O) groups is 5. The van der Waals surface area contributed by atoms with Gasteiger partial charge in [0.15, 0.2) is 0 Å². The molecule has 8 N–H and O–H groups in total. The van der Waals surface area contributed by atoms with Crippen LogP contribution in [0.15, 0.2) is 0 Å². The van der Waals surface area contributed by atoms with Crippen LogP contribution < -0.4 is 16.4 Å². The second kappa shape index (κ2) is 10.9. The van der Waals surface area contributed by atoms with Gasteiger partial charge in [-0.2, -0.15) is 0 Å². The number of aliphatic hydroxyl groups excluding tert-OH is 1. The van der Waals surface area contributed by atoms with Crippen LogP contribution in [0, 0.1) is 0 Å². The molecule has 0 unspecified atom stereocenters. The molecule has 3 atom stereocenters. The molecule has 0 aliphatic carbocycles. The third-order valence-corrected chi connectivity index (χ3v) is 3.08. The summed E-state index contributed by atoms with van der Waals surface area (Å²) in [7, 11) is 0. The number of amides is 2. The van der Waals surface area contributed by atoms with Gasteiger partial charge in [-0.05, 0) is 12.8 Å². The fraction of sp³-hybridized carbons (Fsp3) is 0.615. The van der Waals surface area contributed by atoms with Crippen molar-refractivity contribution < 1.29 is 44.4 Å². The van der Waals surface area contributed by atoms with Crippen LogP contribution in [0.2, 0.25) is 0 Å². The maximum atomic E-state index is 12.0.